The van der Waals surface area contributed by atoms with Gasteiger partial charge in [0.2, 0.25) is 0 Å². The second-order valence-electron chi connectivity index (χ2n) is 11.0. The van der Waals surface area contributed by atoms with E-state index in [0.717, 1.165) is 86.4 Å². The molecule has 8 heteroatoms. The second kappa shape index (κ2) is 8.56. The maximum absolute atomic E-state index is 5.85. The van der Waals surface area contributed by atoms with Gasteiger partial charge in [0.05, 0.1) is 36.5 Å². The molecule has 36 heavy (non-hydrogen) atoms. The number of rotatable bonds is 6. The maximum atomic E-state index is 5.85. The number of benzene rings is 1. The molecule has 4 fully saturated rings. The zero-order valence-corrected chi connectivity index (χ0v) is 21.2. The van der Waals surface area contributed by atoms with Gasteiger partial charge in [0.25, 0.3) is 0 Å². The van der Waals surface area contributed by atoms with E-state index in [9.17, 15) is 0 Å². The van der Waals surface area contributed by atoms with Crippen LogP contribution in [-0.4, -0.2) is 59.3 Å². The Hall–Kier alpha value is -2.97. The van der Waals surface area contributed by atoms with Crippen LogP contribution < -0.4 is 10.3 Å². The molecule has 3 saturated carbocycles. The molecule has 1 aliphatic heterocycles. The molecule has 2 bridgehead atoms. The number of pyridine rings is 1. The number of morpholine rings is 1. The third kappa shape index (κ3) is 3.69. The highest BCUT2D eigenvalue weighted by Gasteiger charge is 2.56. The molecule has 1 N–H and O–H groups in total. The molecule has 2 aromatic heterocycles. The van der Waals surface area contributed by atoms with Gasteiger partial charge >= 0.3 is 0 Å². The van der Waals surface area contributed by atoms with Crippen LogP contribution in [0.25, 0.3) is 11.2 Å². The molecule has 5 aliphatic rings. The number of methoxy groups -OCH3 is 1. The number of fused-ring (bicyclic) bond motifs is 3. The van der Waals surface area contributed by atoms with E-state index in [1.54, 1.807) is 0 Å². The highest BCUT2D eigenvalue weighted by Crippen LogP contribution is 2.57. The number of hydrogen-bond acceptors (Lipinski definition) is 7. The zero-order valence-electron chi connectivity index (χ0n) is 21.2. The first-order valence-corrected chi connectivity index (χ1v) is 13.3. The number of nitrogens with zero attached hydrogens (tertiary/aromatic N) is 5. The average molecular weight is 487 g/mol. The third-order valence-electron chi connectivity index (χ3n) is 8.85. The van der Waals surface area contributed by atoms with Crippen molar-refractivity contribution in [2.75, 3.05) is 43.7 Å². The van der Waals surface area contributed by atoms with E-state index in [-0.39, 0.29) is 5.60 Å². The fourth-order valence-corrected chi connectivity index (χ4v) is 6.82. The Balaban J connectivity index is 1.22. The number of imidazole rings is 1. The van der Waals surface area contributed by atoms with Gasteiger partial charge in [0, 0.05) is 38.4 Å². The summed E-state index contributed by atoms with van der Waals surface area (Å²) in [6, 6.07) is 8.76. The maximum Gasteiger partial charge on any atom is 0.164 e. The Morgan fingerprint density at radius 1 is 1.17 bits per heavy atom. The van der Waals surface area contributed by atoms with Crippen LogP contribution >= 0.6 is 0 Å². The number of ether oxygens (including phenoxy) is 2. The van der Waals surface area contributed by atoms with Gasteiger partial charge in [-0.05, 0) is 62.5 Å². The number of aryl methyl sites for hydroxylation is 2. The van der Waals surface area contributed by atoms with Crippen molar-refractivity contribution in [2.45, 2.75) is 51.2 Å². The number of hydrogen-bond donors (Lipinski definition) is 1. The second-order valence-corrected chi connectivity index (χ2v) is 11.0. The molecule has 0 amide bonds. The molecule has 0 spiro atoms. The van der Waals surface area contributed by atoms with Crippen molar-refractivity contribution in [1.82, 2.24) is 14.5 Å². The first-order chi connectivity index (χ1) is 17.6. The predicted molar refractivity (Wildman–Crippen MR) is 141 cm³/mol. The van der Waals surface area contributed by atoms with Crippen LogP contribution in [0.1, 0.15) is 42.4 Å². The van der Waals surface area contributed by atoms with Crippen LogP contribution in [0.3, 0.4) is 0 Å². The first-order valence-electron chi connectivity index (χ1n) is 13.3. The lowest BCUT2D eigenvalue weighted by Gasteiger charge is -2.37. The van der Waals surface area contributed by atoms with Crippen molar-refractivity contribution in [3.63, 3.8) is 0 Å². The van der Waals surface area contributed by atoms with Gasteiger partial charge in [-0.15, -0.1) is 0 Å². The largest absolute Gasteiger partial charge is 0.378 e. The Labute approximate surface area is 211 Å². The Morgan fingerprint density at radius 2 is 2.03 bits per heavy atom. The number of hydrazone groups is 1. The Morgan fingerprint density at radius 3 is 2.83 bits per heavy atom. The molecule has 188 valence electrons. The molecule has 8 rings (SSSR count). The van der Waals surface area contributed by atoms with Crippen LogP contribution in [0.4, 0.5) is 11.5 Å². The van der Waals surface area contributed by atoms with Crippen LogP contribution in [0.5, 0.6) is 0 Å². The Kier molecular flexibility index (Phi) is 5.29. The molecule has 8 nitrogen and oxygen atoms in total. The van der Waals surface area contributed by atoms with Crippen LogP contribution in [0.15, 0.2) is 35.7 Å². The normalized spacial score (nSPS) is 28.1. The summed E-state index contributed by atoms with van der Waals surface area (Å²) in [5.74, 6) is 2.13. The average Bonchev–Trinajstić information content (AvgIpc) is 3.64. The SMILES string of the molecule is COC12CC(C1)[C@@H](Cn1cnc3c(N4CCOCC4)cc(N/N=C4\CCc5ccc(C)cc54)nc31)C2. The first kappa shape index (κ1) is 22.2. The molecular formula is C28H34N6O2. The molecular weight excluding hydrogens is 452 g/mol. The highest BCUT2D eigenvalue weighted by molar-refractivity contribution is 6.05. The minimum Gasteiger partial charge on any atom is -0.378 e. The van der Waals surface area contributed by atoms with Crippen LogP contribution in [-0.2, 0) is 22.4 Å². The standard InChI is InChI=1S/C28H34N6O2/c1-18-3-4-19-5-6-23(22(19)11-18)31-32-25-12-24(33-7-9-36-10-8-33)26-27(30-25)34(17-29-26)16-21-15-28(35-2)13-20(21)14-28/h3-4,11-12,17,20-21H,5-10,13-16H2,1-2H3,(H,30,32)/b31-23+/t20?,21-,28?/m1/s1. The van der Waals surface area contributed by atoms with Gasteiger partial charge in [-0.2, -0.15) is 5.10 Å². The van der Waals surface area contributed by atoms with Gasteiger partial charge in [-0.25, -0.2) is 9.97 Å². The Bertz CT molecular complexity index is 1340. The van der Waals surface area contributed by atoms with E-state index in [4.69, 9.17) is 24.5 Å². The smallest absolute Gasteiger partial charge is 0.164 e. The summed E-state index contributed by atoms with van der Waals surface area (Å²) in [6.45, 7) is 6.24. The van der Waals surface area contributed by atoms with Crippen molar-refractivity contribution in [1.29, 1.82) is 0 Å². The van der Waals surface area contributed by atoms with Crippen LogP contribution in [0, 0.1) is 18.8 Å². The van der Waals surface area contributed by atoms with Crippen molar-refractivity contribution < 1.29 is 9.47 Å². The number of aromatic nitrogens is 3. The van der Waals surface area contributed by atoms with E-state index in [1.807, 2.05) is 13.4 Å². The van der Waals surface area contributed by atoms with Gasteiger partial charge in [0.1, 0.15) is 5.52 Å². The molecule has 0 unspecified atom stereocenters. The summed E-state index contributed by atoms with van der Waals surface area (Å²) < 4.78 is 13.7. The van der Waals surface area contributed by atoms with Crippen molar-refractivity contribution in [2.24, 2.45) is 16.9 Å². The molecule has 4 aliphatic carbocycles. The van der Waals surface area contributed by atoms with Crippen molar-refractivity contribution in [3.05, 3.63) is 47.3 Å². The molecule has 3 heterocycles. The predicted octanol–water partition coefficient (Wildman–Crippen LogP) is 4.15. The van der Waals surface area contributed by atoms with E-state index in [0.29, 0.717) is 5.92 Å². The number of nitrogens with one attached hydrogen (secondary N) is 1. The highest BCUT2D eigenvalue weighted by atomic mass is 16.5. The van der Waals surface area contributed by atoms with Crippen molar-refractivity contribution >= 4 is 28.4 Å². The van der Waals surface area contributed by atoms with E-state index in [2.05, 4.69) is 46.1 Å². The molecule has 1 saturated heterocycles. The van der Waals surface area contributed by atoms with Gasteiger partial charge in [-0.3, -0.25) is 5.43 Å². The fraction of sp³-hybridized carbons (Fsp3) is 0.536. The summed E-state index contributed by atoms with van der Waals surface area (Å²) in [4.78, 5) is 12.3. The summed E-state index contributed by atoms with van der Waals surface area (Å²) in [5.41, 5.74) is 11.4. The number of anilines is 2. The minimum absolute atomic E-state index is 0.122. The fourth-order valence-electron chi connectivity index (χ4n) is 6.82. The van der Waals surface area contributed by atoms with E-state index in [1.165, 1.54) is 29.5 Å². The van der Waals surface area contributed by atoms with Crippen LogP contribution in [0.2, 0.25) is 0 Å². The lowest BCUT2D eigenvalue weighted by Crippen LogP contribution is -2.37. The summed E-state index contributed by atoms with van der Waals surface area (Å²) >= 11 is 0. The monoisotopic (exact) mass is 486 g/mol. The minimum atomic E-state index is 0.122. The van der Waals surface area contributed by atoms with E-state index >= 15 is 0 Å². The topological polar surface area (TPSA) is 76.8 Å². The van der Waals surface area contributed by atoms with Crippen molar-refractivity contribution in [3.8, 4) is 0 Å². The molecule has 1 aromatic carbocycles. The quantitative estimate of drug-likeness (QED) is 0.528. The summed E-state index contributed by atoms with van der Waals surface area (Å²) in [5, 5.41) is 4.84. The van der Waals surface area contributed by atoms with Gasteiger partial charge < -0.3 is 18.9 Å². The molecule has 3 aromatic rings. The van der Waals surface area contributed by atoms with Gasteiger partial charge in [-0.1, -0.05) is 17.7 Å². The lowest BCUT2D eigenvalue weighted by atomic mass is 9.79. The molecule has 1 atom stereocenters. The van der Waals surface area contributed by atoms with Gasteiger partial charge in [0.15, 0.2) is 11.5 Å². The lowest BCUT2D eigenvalue weighted by molar-refractivity contribution is -0.0603. The summed E-state index contributed by atoms with van der Waals surface area (Å²) in [7, 11) is 1.87. The third-order valence-corrected chi connectivity index (χ3v) is 8.85. The molecule has 0 radical (unpaired) electrons. The zero-order chi connectivity index (χ0) is 24.3. The van der Waals surface area contributed by atoms with E-state index < -0.39 is 0 Å². The summed E-state index contributed by atoms with van der Waals surface area (Å²) in [6.07, 6.45) is 7.49.